The van der Waals surface area contributed by atoms with Crippen molar-refractivity contribution in [3.05, 3.63) is 72.9 Å². The predicted octanol–water partition coefficient (Wildman–Crippen LogP) is 10.6. The van der Waals surface area contributed by atoms with E-state index in [-0.39, 0.29) is 32.0 Å². The molecule has 274 valence electrons. The number of carbonyl (C=O) groups excluding carboxylic acids is 2. The fourth-order valence-electron chi connectivity index (χ4n) is 4.85. The maximum atomic E-state index is 12.0. The number of ether oxygens (including phenoxy) is 2. The number of hydrogen-bond donors (Lipinski definition) is 2. The number of hydrogen-bond acceptors (Lipinski definition) is 6. The van der Waals surface area contributed by atoms with Crippen LogP contribution in [0.1, 0.15) is 149 Å². The molecule has 1 unspecified atom stereocenters. The van der Waals surface area contributed by atoms with Crippen molar-refractivity contribution in [1.82, 2.24) is 0 Å². The minimum absolute atomic E-state index is 0.0299. The van der Waals surface area contributed by atoms with Crippen molar-refractivity contribution in [2.24, 2.45) is 5.92 Å². The van der Waals surface area contributed by atoms with Crippen LogP contribution in [0.3, 0.4) is 0 Å². The zero-order valence-electron chi connectivity index (χ0n) is 30.7. The largest absolute Gasteiger partial charge is 0.463 e. The summed E-state index contributed by atoms with van der Waals surface area (Å²) in [7, 11) is 0. The smallest absolute Gasteiger partial charge is 0.305 e. The Hall–Kier alpha value is -2.70. The molecular weight excluding hydrogens is 600 g/mol. The Morgan fingerprint density at radius 2 is 0.979 bits per heavy atom. The van der Waals surface area contributed by atoms with E-state index < -0.39 is 18.2 Å². The van der Waals surface area contributed by atoms with E-state index in [2.05, 4.69) is 69.4 Å². The number of aliphatic hydroxyl groups excluding tert-OH is 2. The number of allylic oxidation sites excluding steroid dienone is 11. The molecule has 6 nitrogen and oxygen atoms in total. The van der Waals surface area contributed by atoms with Gasteiger partial charge in [-0.05, 0) is 50.9 Å². The van der Waals surface area contributed by atoms with E-state index in [4.69, 9.17) is 9.47 Å². The summed E-state index contributed by atoms with van der Waals surface area (Å²) in [5.41, 5.74) is 0. The maximum absolute atomic E-state index is 12.0. The second-order valence-electron chi connectivity index (χ2n) is 13.0. The second-order valence-corrected chi connectivity index (χ2v) is 13.0. The van der Waals surface area contributed by atoms with E-state index in [1.54, 1.807) is 12.2 Å². The molecule has 0 heterocycles. The number of carbonyl (C=O) groups is 2. The van der Waals surface area contributed by atoms with Crippen LogP contribution in [0.4, 0.5) is 0 Å². The first-order chi connectivity index (χ1) is 23.3. The molecule has 2 atom stereocenters. The van der Waals surface area contributed by atoms with E-state index in [1.165, 1.54) is 57.8 Å². The second kappa shape index (κ2) is 35.6. The minimum atomic E-state index is -1.06. The van der Waals surface area contributed by atoms with Gasteiger partial charge in [0.2, 0.25) is 0 Å². The standard InChI is InChI=1S/C42H70O6/c1-4-5-6-7-8-9-10-11-12-13-14-17-20-23-26-29-32-39(43)34-35-42(46)48-37-40(44)36-47-41(45)33-30-27-24-21-18-15-16-19-22-25-28-31-38(2)3/h5-6,8-9,11-12,14,17,23,26,29,32,38-40,43-44H,4,7,10,13,15-16,18-22,24-25,27-28,30-31,33-37H2,1-3H3/b6-5-,9-8-,12-11-,17-14-,26-23-,32-29-/t39?,40-/m1/s1. The molecule has 0 aromatic carbocycles. The summed E-state index contributed by atoms with van der Waals surface area (Å²) < 4.78 is 10.2. The molecule has 6 heteroatoms. The monoisotopic (exact) mass is 671 g/mol. The molecule has 0 fully saturated rings. The van der Waals surface area contributed by atoms with Crippen LogP contribution >= 0.6 is 0 Å². The average molecular weight is 671 g/mol. The van der Waals surface area contributed by atoms with Gasteiger partial charge in [-0.2, -0.15) is 0 Å². The van der Waals surface area contributed by atoms with Crippen LogP contribution in [0, 0.1) is 5.92 Å². The zero-order valence-corrected chi connectivity index (χ0v) is 30.7. The molecule has 0 aliphatic rings. The van der Waals surface area contributed by atoms with Crippen LogP contribution in [0.5, 0.6) is 0 Å². The highest BCUT2D eigenvalue weighted by Crippen LogP contribution is 2.14. The van der Waals surface area contributed by atoms with Gasteiger partial charge in [0.25, 0.3) is 0 Å². The molecule has 0 aromatic heterocycles. The zero-order chi connectivity index (χ0) is 35.3. The van der Waals surface area contributed by atoms with E-state index in [0.29, 0.717) is 6.42 Å². The number of rotatable bonds is 32. The van der Waals surface area contributed by atoms with Gasteiger partial charge in [0.1, 0.15) is 19.3 Å². The Balaban J connectivity index is 3.71. The molecule has 0 saturated heterocycles. The molecule has 0 amide bonds. The molecule has 0 aliphatic carbocycles. The summed E-state index contributed by atoms with van der Waals surface area (Å²) in [4.78, 5) is 23.9. The van der Waals surface area contributed by atoms with Gasteiger partial charge in [-0.15, -0.1) is 0 Å². The maximum Gasteiger partial charge on any atom is 0.305 e. The third kappa shape index (κ3) is 36.1. The molecule has 0 radical (unpaired) electrons. The number of aliphatic hydroxyl groups is 2. The van der Waals surface area contributed by atoms with Crippen molar-refractivity contribution in [2.45, 2.75) is 161 Å². The van der Waals surface area contributed by atoms with Crippen molar-refractivity contribution in [3.63, 3.8) is 0 Å². The van der Waals surface area contributed by atoms with Gasteiger partial charge < -0.3 is 19.7 Å². The van der Waals surface area contributed by atoms with Gasteiger partial charge in [-0.1, -0.05) is 164 Å². The van der Waals surface area contributed by atoms with Crippen LogP contribution in [-0.4, -0.2) is 47.6 Å². The molecule has 0 saturated carbocycles. The van der Waals surface area contributed by atoms with Crippen molar-refractivity contribution in [3.8, 4) is 0 Å². The van der Waals surface area contributed by atoms with Crippen molar-refractivity contribution in [2.75, 3.05) is 13.2 Å². The van der Waals surface area contributed by atoms with Crippen molar-refractivity contribution < 1.29 is 29.3 Å². The fraction of sp³-hybridized carbons (Fsp3) is 0.667. The predicted molar refractivity (Wildman–Crippen MR) is 202 cm³/mol. The summed E-state index contributed by atoms with van der Waals surface area (Å²) >= 11 is 0. The van der Waals surface area contributed by atoms with Crippen LogP contribution in [0.2, 0.25) is 0 Å². The Morgan fingerprint density at radius 1 is 0.542 bits per heavy atom. The highest BCUT2D eigenvalue weighted by molar-refractivity contribution is 5.69. The Labute approximate surface area is 294 Å². The van der Waals surface area contributed by atoms with E-state index in [1.807, 2.05) is 12.2 Å². The first-order valence-electron chi connectivity index (χ1n) is 19.0. The Bertz CT molecular complexity index is 926. The summed E-state index contributed by atoms with van der Waals surface area (Å²) in [5.74, 6) is -0.0204. The number of unbranched alkanes of at least 4 members (excludes halogenated alkanes) is 10. The summed E-state index contributed by atoms with van der Waals surface area (Å²) in [6, 6.07) is 0. The van der Waals surface area contributed by atoms with E-state index >= 15 is 0 Å². The quantitative estimate of drug-likeness (QED) is 0.0320. The lowest BCUT2D eigenvalue weighted by Crippen LogP contribution is -2.25. The first kappa shape index (κ1) is 45.3. The average Bonchev–Trinajstić information content (AvgIpc) is 3.07. The molecule has 48 heavy (non-hydrogen) atoms. The molecule has 2 N–H and O–H groups in total. The minimum Gasteiger partial charge on any atom is -0.463 e. The Morgan fingerprint density at radius 3 is 1.48 bits per heavy atom. The molecule has 0 bridgehead atoms. The van der Waals surface area contributed by atoms with Crippen LogP contribution in [-0.2, 0) is 19.1 Å². The van der Waals surface area contributed by atoms with Crippen LogP contribution in [0.15, 0.2) is 72.9 Å². The SMILES string of the molecule is CC/C=C\C/C=C\C/C=C\C/C=C\C/C=C\C=C/C(O)CCC(=O)OC[C@H](O)COC(=O)CCCCCCCCCCCCCC(C)C. The third-order valence-electron chi connectivity index (χ3n) is 7.75. The summed E-state index contributed by atoms with van der Waals surface area (Å²) in [6.07, 6.45) is 42.9. The van der Waals surface area contributed by atoms with Crippen LogP contribution < -0.4 is 0 Å². The van der Waals surface area contributed by atoms with Gasteiger partial charge >= 0.3 is 11.9 Å². The topological polar surface area (TPSA) is 93.1 Å². The van der Waals surface area contributed by atoms with E-state index in [0.717, 1.165) is 57.3 Å². The van der Waals surface area contributed by atoms with Gasteiger partial charge in [-0.3, -0.25) is 9.59 Å². The van der Waals surface area contributed by atoms with Crippen molar-refractivity contribution in [1.29, 1.82) is 0 Å². The molecule has 0 aromatic rings. The van der Waals surface area contributed by atoms with Crippen molar-refractivity contribution >= 4 is 11.9 Å². The normalized spacial score (nSPS) is 13.8. The lowest BCUT2D eigenvalue weighted by Gasteiger charge is -2.12. The molecule has 0 spiro atoms. The van der Waals surface area contributed by atoms with Gasteiger partial charge in [0.05, 0.1) is 6.10 Å². The van der Waals surface area contributed by atoms with Crippen LogP contribution in [0.25, 0.3) is 0 Å². The molecule has 0 aliphatic heterocycles. The molecular formula is C42H70O6. The lowest BCUT2D eigenvalue weighted by atomic mass is 10.0. The number of esters is 2. The summed E-state index contributed by atoms with van der Waals surface area (Å²) in [6.45, 7) is 6.29. The first-order valence-corrected chi connectivity index (χ1v) is 19.0. The summed E-state index contributed by atoms with van der Waals surface area (Å²) in [5, 5.41) is 20.1. The fourth-order valence-corrected chi connectivity index (χ4v) is 4.85. The highest BCUT2D eigenvalue weighted by Gasteiger charge is 2.13. The van der Waals surface area contributed by atoms with E-state index in [9.17, 15) is 19.8 Å². The Kier molecular flexibility index (Phi) is 33.6. The van der Waals surface area contributed by atoms with Gasteiger partial charge in [-0.25, -0.2) is 0 Å². The van der Waals surface area contributed by atoms with Gasteiger partial charge in [0.15, 0.2) is 0 Å². The third-order valence-corrected chi connectivity index (χ3v) is 7.75. The highest BCUT2D eigenvalue weighted by atomic mass is 16.6. The molecule has 0 rings (SSSR count). The van der Waals surface area contributed by atoms with Gasteiger partial charge in [0, 0.05) is 12.8 Å². The lowest BCUT2D eigenvalue weighted by molar-refractivity contribution is -0.152.